The standard InChI is InChI=1S/C11H12N2O3S/c1-5-7(3)17-10(8(5)4-12)13-9(14)6(2)11(15)16/h6H,1-3H3,(H,13,14)(H,15,16). The summed E-state index contributed by atoms with van der Waals surface area (Å²) < 4.78 is 0. The van der Waals surface area contributed by atoms with Gasteiger partial charge in [0, 0.05) is 4.88 Å². The van der Waals surface area contributed by atoms with E-state index in [2.05, 4.69) is 5.32 Å². The van der Waals surface area contributed by atoms with Crippen LogP contribution >= 0.6 is 11.3 Å². The molecule has 1 unspecified atom stereocenters. The Labute approximate surface area is 103 Å². The number of aryl methyl sites for hydroxylation is 1. The van der Waals surface area contributed by atoms with E-state index >= 15 is 0 Å². The number of anilines is 1. The van der Waals surface area contributed by atoms with Gasteiger partial charge < -0.3 is 10.4 Å². The first kappa shape index (κ1) is 13.2. The van der Waals surface area contributed by atoms with Crippen LogP contribution in [0.15, 0.2) is 0 Å². The lowest BCUT2D eigenvalue weighted by Gasteiger charge is -2.06. The van der Waals surface area contributed by atoms with E-state index in [0.717, 1.165) is 10.4 Å². The van der Waals surface area contributed by atoms with E-state index in [9.17, 15) is 9.59 Å². The Hall–Kier alpha value is -1.87. The Bertz CT molecular complexity index is 514. The first-order valence-electron chi connectivity index (χ1n) is 4.92. The van der Waals surface area contributed by atoms with Crippen molar-refractivity contribution in [1.82, 2.24) is 0 Å². The van der Waals surface area contributed by atoms with E-state index < -0.39 is 17.8 Å². The van der Waals surface area contributed by atoms with Crippen LogP contribution in [0.25, 0.3) is 0 Å². The Morgan fingerprint density at radius 2 is 2.06 bits per heavy atom. The minimum atomic E-state index is -1.19. The molecule has 1 aromatic rings. The highest BCUT2D eigenvalue weighted by Crippen LogP contribution is 2.31. The van der Waals surface area contributed by atoms with Crippen molar-refractivity contribution in [3.8, 4) is 6.07 Å². The zero-order valence-corrected chi connectivity index (χ0v) is 10.5. The van der Waals surface area contributed by atoms with E-state index in [-0.39, 0.29) is 0 Å². The van der Waals surface area contributed by atoms with Crippen LogP contribution in [0.4, 0.5) is 5.00 Å². The van der Waals surface area contributed by atoms with Gasteiger partial charge in [0.25, 0.3) is 0 Å². The van der Waals surface area contributed by atoms with E-state index in [1.807, 2.05) is 13.0 Å². The number of nitriles is 1. The second-order valence-electron chi connectivity index (χ2n) is 3.65. The smallest absolute Gasteiger partial charge is 0.315 e. The molecule has 0 aliphatic heterocycles. The molecule has 1 aromatic heterocycles. The van der Waals surface area contributed by atoms with Crippen molar-refractivity contribution in [2.45, 2.75) is 20.8 Å². The van der Waals surface area contributed by atoms with Crippen molar-refractivity contribution >= 4 is 28.2 Å². The van der Waals surface area contributed by atoms with Crippen LogP contribution in [0, 0.1) is 31.1 Å². The van der Waals surface area contributed by atoms with Gasteiger partial charge in [-0.25, -0.2) is 0 Å². The van der Waals surface area contributed by atoms with Gasteiger partial charge in [-0.3, -0.25) is 9.59 Å². The highest BCUT2D eigenvalue weighted by molar-refractivity contribution is 7.16. The monoisotopic (exact) mass is 252 g/mol. The summed E-state index contributed by atoms with van der Waals surface area (Å²) in [6, 6.07) is 2.01. The average Bonchev–Trinajstić information content (AvgIpc) is 2.53. The fraction of sp³-hybridized carbons (Fsp3) is 0.364. The highest BCUT2D eigenvalue weighted by Gasteiger charge is 2.23. The van der Waals surface area contributed by atoms with Crippen LogP contribution < -0.4 is 5.32 Å². The fourth-order valence-electron chi connectivity index (χ4n) is 1.18. The number of rotatable bonds is 3. The molecule has 17 heavy (non-hydrogen) atoms. The van der Waals surface area contributed by atoms with Crippen LogP contribution in [0.5, 0.6) is 0 Å². The number of carboxylic acid groups (broad SMARTS) is 1. The summed E-state index contributed by atoms with van der Waals surface area (Å²) in [7, 11) is 0. The molecule has 0 aliphatic carbocycles. The molecule has 0 fully saturated rings. The summed E-state index contributed by atoms with van der Waals surface area (Å²) >= 11 is 1.28. The number of amides is 1. The van der Waals surface area contributed by atoms with Gasteiger partial charge in [0.1, 0.15) is 17.0 Å². The van der Waals surface area contributed by atoms with Crippen LogP contribution in [-0.2, 0) is 9.59 Å². The van der Waals surface area contributed by atoms with E-state index in [4.69, 9.17) is 10.4 Å². The summed E-state index contributed by atoms with van der Waals surface area (Å²) in [5, 5.41) is 20.6. The second kappa shape index (κ2) is 4.97. The maximum absolute atomic E-state index is 11.5. The molecule has 0 saturated heterocycles. The van der Waals surface area contributed by atoms with Gasteiger partial charge in [-0.2, -0.15) is 5.26 Å². The SMILES string of the molecule is Cc1sc(NC(=O)C(C)C(=O)O)c(C#N)c1C. The Morgan fingerprint density at radius 1 is 1.47 bits per heavy atom. The minimum Gasteiger partial charge on any atom is -0.481 e. The van der Waals surface area contributed by atoms with Crippen molar-refractivity contribution in [3.63, 3.8) is 0 Å². The van der Waals surface area contributed by atoms with Crippen molar-refractivity contribution in [2.75, 3.05) is 5.32 Å². The molecule has 2 N–H and O–H groups in total. The average molecular weight is 252 g/mol. The van der Waals surface area contributed by atoms with Crippen LogP contribution in [0.2, 0.25) is 0 Å². The molecular weight excluding hydrogens is 240 g/mol. The first-order chi connectivity index (χ1) is 7.88. The number of nitrogens with one attached hydrogen (secondary N) is 1. The Balaban J connectivity index is 2.97. The van der Waals surface area contributed by atoms with Gasteiger partial charge in [-0.05, 0) is 26.3 Å². The predicted octanol–water partition coefficient (Wildman–Crippen LogP) is 1.90. The fourth-order valence-corrected chi connectivity index (χ4v) is 2.20. The molecule has 6 heteroatoms. The number of hydrogen-bond donors (Lipinski definition) is 2. The maximum Gasteiger partial charge on any atom is 0.315 e. The molecule has 0 saturated carbocycles. The molecule has 0 aromatic carbocycles. The number of carboxylic acids is 1. The molecule has 1 atom stereocenters. The third-order valence-corrected chi connectivity index (χ3v) is 3.62. The molecule has 0 spiro atoms. The Kier molecular flexibility index (Phi) is 3.86. The molecule has 90 valence electrons. The van der Waals surface area contributed by atoms with Crippen LogP contribution in [-0.4, -0.2) is 17.0 Å². The summed E-state index contributed by atoms with van der Waals surface area (Å²) in [4.78, 5) is 23.1. The first-order valence-corrected chi connectivity index (χ1v) is 5.73. The van der Waals surface area contributed by atoms with Crippen LogP contribution in [0.3, 0.4) is 0 Å². The normalized spacial score (nSPS) is 11.6. The summed E-state index contributed by atoms with van der Waals surface area (Å²) in [6.07, 6.45) is 0. The highest BCUT2D eigenvalue weighted by atomic mass is 32.1. The van der Waals surface area contributed by atoms with Gasteiger partial charge in [0.05, 0.1) is 5.56 Å². The number of thiophene rings is 1. The van der Waals surface area contributed by atoms with Gasteiger partial charge in [0.15, 0.2) is 0 Å². The topological polar surface area (TPSA) is 90.2 Å². The lowest BCUT2D eigenvalue weighted by molar-refractivity contribution is -0.144. The molecule has 5 nitrogen and oxygen atoms in total. The quantitative estimate of drug-likeness (QED) is 0.804. The maximum atomic E-state index is 11.5. The summed E-state index contributed by atoms with van der Waals surface area (Å²) in [5.41, 5.74) is 1.22. The molecule has 1 heterocycles. The van der Waals surface area contributed by atoms with Crippen molar-refractivity contribution in [3.05, 3.63) is 16.0 Å². The number of aliphatic carboxylic acids is 1. The minimum absolute atomic E-state index is 0.401. The van der Waals surface area contributed by atoms with Crippen LogP contribution in [0.1, 0.15) is 22.9 Å². The molecule has 1 amide bonds. The molecule has 0 aliphatic rings. The number of hydrogen-bond acceptors (Lipinski definition) is 4. The molecule has 1 rings (SSSR count). The van der Waals surface area contributed by atoms with Gasteiger partial charge in [0.2, 0.25) is 5.91 Å². The van der Waals surface area contributed by atoms with E-state index in [0.29, 0.717) is 10.6 Å². The number of carbonyl (C=O) groups is 2. The zero-order chi connectivity index (χ0) is 13.2. The summed E-state index contributed by atoms with van der Waals surface area (Å²) in [5.74, 6) is -2.94. The van der Waals surface area contributed by atoms with E-state index in [1.54, 1.807) is 6.92 Å². The lowest BCUT2D eigenvalue weighted by Crippen LogP contribution is -2.26. The summed E-state index contributed by atoms with van der Waals surface area (Å²) in [6.45, 7) is 4.94. The third kappa shape index (κ3) is 2.63. The number of carbonyl (C=O) groups excluding carboxylic acids is 1. The molecule has 0 bridgehead atoms. The lowest BCUT2D eigenvalue weighted by atomic mass is 10.1. The second-order valence-corrected chi connectivity index (χ2v) is 4.87. The van der Waals surface area contributed by atoms with Crippen molar-refractivity contribution in [1.29, 1.82) is 5.26 Å². The largest absolute Gasteiger partial charge is 0.481 e. The Morgan fingerprint density at radius 3 is 2.53 bits per heavy atom. The van der Waals surface area contributed by atoms with E-state index in [1.165, 1.54) is 18.3 Å². The van der Waals surface area contributed by atoms with Gasteiger partial charge in [-0.15, -0.1) is 11.3 Å². The van der Waals surface area contributed by atoms with Gasteiger partial charge in [-0.1, -0.05) is 0 Å². The van der Waals surface area contributed by atoms with Crippen molar-refractivity contribution < 1.29 is 14.7 Å². The predicted molar refractivity (Wildman–Crippen MR) is 63.9 cm³/mol. The van der Waals surface area contributed by atoms with Crippen molar-refractivity contribution in [2.24, 2.45) is 5.92 Å². The number of nitrogens with zero attached hydrogens (tertiary/aromatic N) is 1. The third-order valence-electron chi connectivity index (χ3n) is 2.50. The molecular formula is C11H12N2O3S. The van der Waals surface area contributed by atoms with Gasteiger partial charge >= 0.3 is 5.97 Å². The zero-order valence-electron chi connectivity index (χ0n) is 9.70. The molecule has 0 radical (unpaired) electrons.